The Kier molecular flexibility index (Phi) is 7.43. The third-order valence-corrected chi connectivity index (χ3v) is 9.13. The summed E-state index contributed by atoms with van der Waals surface area (Å²) in [5, 5.41) is 22.2. The van der Waals surface area contributed by atoms with Crippen LogP contribution in [-0.4, -0.2) is 82.2 Å². The number of piperidine rings is 1. The van der Waals surface area contributed by atoms with Crippen molar-refractivity contribution in [3.63, 3.8) is 0 Å². The van der Waals surface area contributed by atoms with Gasteiger partial charge in [-0.2, -0.15) is 4.80 Å². The molecule has 0 unspecified atom stereocenters. The largest absolute Gasteiger partial charge is 0.355 e. The Morgan fingerprint density at radius 3 is 2.16 bits per heavy atom. The van der Waals surface area contributed by atoms with Gasteiger partial charge in [0.1, 0.15) is 0 Å². The predicted molar refractivity (Wildman–Crippen MR) is 157 cm³/mol. The predicted octanol–water partition coefficient (Wildman–Crippen LogP) is 1.21. The fraction of sp³-hybridized carbons (Fsp3) is 0.452. The molecule has 3 atom stereocenters. The summed E-state index contributed by atoms with van der Waals surface area (Å²) in [5.74, 6) is 0.568. The average molecular weight is 582 g/mol. The number of carbonyl (C=O) groups is 3. The monoisotopic (exact) mass is 581 g/mol. The topological polar surface area (TPSA) is 138 Å². The minimum atomic E-state index is -0.873. The highest BCUT2D eigenvalue weighted by Gasteiger charge is 2.57. The Bertz CT molecular complexity index is 1570. The van der Waals surface area contributed by atoms with Crippen LogP contribution in [0, 0.1) is 12.5 Å². The van der Waals surface area contributed by atoms with Gasteiger partial charge in [0.05, 0.1) is 19.0 Å². The Labute approximate surface area is 250 Å². The van der Waals surface area contributed by atoms with Crippen LogP contribution in [0.4, 0.5) is 0 Å². The highest BCUT2D eigenvalue weighted by Crippen LogP contribution is 2.48. The number of nitrogens with one attached hydrogen (secondary N) is 3. The van der Waals surface area contributed by atoms with Gasteiger partial charge in [0.25, 0.3) is 11.8 Å². The van der Waals surface area contributed by atoms with Crippen molar-refractivity contribution in [3.8, 4) is 0 Å². The van der Waals surface area contributed by atoms with E-state index in [4.69, 9.17) is 11.7 Å². The maximum Gasteiger partial charge on any atom is 0.301 e. The molecule has 43 heavy (non-hydrogen) atoms. The van der Waals surface area contributed by atoms with Crippen LogP contribution in [0.15, 0.2) is 36.4 Å². The number of nitrogens with zero attached hydrogens (tertiary/aromatic N) is 6. The Balaban J connectivity index is 1.40. The lowest BCUT2D eigenvalue weighted by Gasteiger charge is -2.34. The van der Waals surface area contributed by atoms with E-state index in [1.165, 1.54) is 4.80 Å². The SMILES string of the molecule is [C-]#[N+][C@@H]1C[C@@H]2C[C@@H]2N1C(=O)CNCCC1(c2nnn(C)n2)c2ccc(C(=O)NC)cc2CCc2cc(C(=O)NC)ccc21. The standard InChI is InChI=1S/C31H35N9O3/c1-32-26-16-22-15-25(22)40(26)27(41)17-35-12-11-31(30-36-38-39(4)37-30)23-9-7-20(28(42)33-2)13-18(23)5-6-19-14-21(29(43)34-3)8-10-24(19)31/h7-10,13-14,22,25-26,35H,5-6,11-12,15-17H2,2-4H3,(H,33,42)(H,34,43)/t22-,25-,26-/m0/s1. The molecule has 1 saturated heterocycles. The summed E-state index contributed by atoms with van der Waals surface area (Å²) in [6.45, 7) is 8.09. The number of hydrogen-bond donors (Lipinski definition) is 3. The van der Waals surface area contributed by atoms with Gasteiger partial charge >= 0.3 is 6.17 Å². The van der Waals surface area contributed by atoms with Gasteiger partial charge < -0.3 is 16.0 Å². The van der Waals surface area contributed by atoms with Crippen LogP contribution in [0.5, 0.6) is 0 Å². The molecule has 2 aliphatic carbocycles. The molecule has 222 valence electrons. The van der Waals surface area contributed by atoms with Crippen molar-refractivity contribution >= 4 is 17.7 Å². The van der Waals surface area contributed by atoms with Gasteiger partial charge in [-0.1, -0.05) is 12.1 Å². The Morgan fingerprint density at radius 1 is 1.00 bits per heavy atom. The quantitative estimate of drug-likeness (QED) is 0.269. The minimum Gasteiger partial charge on any atom is -0.355 e. The van der Waals surface area contributed by atoms with E-state index in [1.54, 1.807) is 26.0 Å². The molecule has 1 aromatic heterocycles. The van der Waals surface area contributed by atoms with Gasteiger partial charge in [-0.3, -0.25) is 24.1 Å². The maximum absolute atomic E-state index is 13.2. The van der Waals surface area contributed by atoms with Crippen LogP contribution in [0.1, 0.15) is 68.1 Å². The molecule has 2 heterocycles. The van der Waals surface area contributed by atoms with Crippen LogP contribution in [0.3, 0.4) is 0 Å². The van der Waals surface area contributed by atoms with Crippen molar-refractivity contribution in [1.29, 1.82) is 0 Å². The summed E-state index contributed by atoms with van der Waals surface area (Å²) in [6.07, 6.45) is 3.18. The smallest absolute Gasteiger partial charge is 0.301 e. The van der Waals surface area contributed by atoms with Crippen molar-refractivity contribution < 1.29 is 14.4 Å². The van der Waals surface area contributed by atoms with E-state index < -0.39 is 5.41 Å². The number of benzene rings is 2. The molecule has 3 amide bonds. The second kappa shape index (κ2) is 11.2. The molecule has 12 heteroatoms. The Hall–Kier alpha value is -4.63. The van der Waals surface area contributed by atoms with E-state index in [0.717, 1.165) is 35.1 Å². The lowest BCUT2D eigenvalue weighted by Crippen LogP contribution is -2.43. The normalized spacial score (nSPS) is 21.1. The van der Waals surface area contributed by atoms with E-state index >= 15 is 0 Å². The zero-order valence-corrected chi connectivity index (χ0v) is 24.6. The van der Waals surface area contributed by atoms with Crippen LogP contribution in [0.25, 0.3) is 4.85 Å². The zero-order valence-electron chi connectivity index (χ0n) is 24.6. The summed E-state index contributed by atoms with van der Waals surface area (Å²) < 4.78 is 0. The number of aromatic nitrogens is 4. The molecule has 0 bridgehead atoms. The van der Waals surface area contributed by atoms with Crippen LogP contribution in [0.2, 0.25) is 0 Å². The van der Waals surface area contributed by atoms with Crippen LogP contribution < -0.4 is 16.0 Å². The van der Waals surface area contributed by atoms with E-state index in [0.29, 0.717) is 48.7 Å². The molecular formula is C31H35N9O3. The van der Waals surface area contributed by atoms with Crippen molar-refractivity contribution in [2.45, 2.75) is 49.7 Å². The molecule has 3 aromatic rings. The molecule has 3 N–H and O–H groups in total. The molecule has 0 radical (unpaired) electrons. The number of carbonyl (C=O) groups excluding carboxylic acids is 3. The van der Waals surface area contributed by atoms with Gasteiger partial charge in [-0.05, 0) is 89.9 Å². The van der Waals surface area contributed by atoms with Gasteiger partial charge in [0.2, 0.25) is 5.91 Å². The van der Waals surface area contributed by atoms with Crippen molar-refractivity contribution in [1.82, 2.24) is 41.1 Å². The molecule has 2 fully saturated rings. The van der Waals surface area contributed by atoms with E-state index in [-0.39, 0.29) is 36.5 Å². The number of aryl methyl sites for hydroxylation is 3. The minimum absolute atomic E-state index is 0.0511. The van der Waals surface area contributed by atoms with Crippen molar-refractivity contribution in [3.05, 3.63) is 87.0 Å². The fourth-order valence-corrected chi connectivity index (χ4v) is 6.96. The molecule has 6 rings (SSSR count). The van der Waals surface area contributed by atoms with Crippen molar-refractivity contribution in [2.75, 3.05) is 27.2 Å². The lowest BCUT2D eigenvalue weighted by atomic mass is 9.69. The molecule has 1 saturated carbocycles. The Morgan fingerprint density at radius 2 is 1.63 bits per heavy atom. The number of amides is 3. The highest BCUT2D eigenvalue weighted by molar-refractivity contribution is 5.95. The van der Waals surface area contributed by atoms with Gasteiger partial charge in [-0.15, -0.1) is 10.2 Å². The zero-order chi connectivity index (χ0) is 30.3. The summed E-state index contributed by atoms with van der Waals surface area (Å²) in [4.78, 5) is 45.2. The molecule has 2 aromatic carbocycles. The summed E-state index contributed by atoms with van der Waals surface area (Å²) in [5.41, 5.74) is 4.13. The second-order valence-corrected chi connectivity index (χ2v) is 11.5. The third kappa shape index (κ3) is 4.93. The number of tetrazole rings is 1. The first kappa shape index (κ1) is 28.5. The van der Waals surface area contributed by atoms with E-state index in [9.17, 15) is 14.4 Å². The van der Waals surface area contributed by atoms with Gasteiger partial charge in [0, 0.05) is 37.7 Å². The molecule has 3 aliphatic rings. The summed E-state index contributed by atoms with van der Waals surface area (Å²) in [7, 11) is 4.94. The summed E-state index contributed by atoms with van der Waals surface area (Å²) in [6, 6.07) is 11.6. The van der Waals surface area contributed by atoms with Crippen LogP contribution in [-0.2, 0) is 30.1 Å². The third-order valence-electron chi connectivity index (χ3n) is 9.13. The van der Waals surface area contributed by atoms with E-state index in [2.05, 4.69) is 31.1 Å². The first-order valence-electron chi connectivity index (χ1n) is 14.6. The van der Waals surface area contributed by atoms with Gasteiger partial charge in [-0.25, -0.2) is 6.57 Å². The molecule has 1 aliphatic heterocycles. The first-order chi connectivity index (χ1) is 20.8. The fourth-order valence-electron chi connectivity index (χ4n) is 6.96. The summed E-state index contributed by atoms with van der Waals surface area (Å²) >= 11 is 0. The van der Waals surface area contributed by atoms with Crippen LogP contribution >= 0.6 is 0 Å². The van der Waals surface area contributed by atoms with E-state index in [1.807, 2.05) is 36.4 Å². The maximum atomic E-state index is 13.2. The number of fused-ring (bicyclic) bond motifs is 3. The second-order valence-electron chi connectivity index (χ2n) is 11.5. The highest BCUT2D eigenvalue weighted by atomic mass is 16.2. The average Bonchev–Trinajstić information content (AvgIpc) is 3.52. The molecule has 12 nitrogen and oxygen atoms in total. The molecular weight excluding hydrogens is 546 g/mol. The number of likely N-dealkylation sites (tertiary alicyclic amines) is 1. The number of hydrogen-bond acceptors (Lipinski definition) is 7. The van der Waals surface area contributed by atoms with Gasteiger partial charge in [0.15, 0.2) is 5.82 Å². The van der Waals surface area contributed by atoms with Crippen molar-refractivity contribution in [2.24, 2.45) is 13.0 Å². The molecule has 0 spiro atoms. The first-order valence-corrected chi connectivity index (χ1v) is 14.6. The number of rotatable bonds is 8. The lowest BCUT2D eigenvalue weighted by molar-refractivity contribution is -0.131.